The number of hydrogen-bond donors (Lipinski definition) is 0. The topological polar surface area (TPSA) is 38.9 Å². The molecule has 1 unspecified atom stereocenters. The summed E-state index contributed by atoms with van der Waals surface area (Å²) in [5.74, 6) is 0.426. The molecular formula is C11H9FN2O. The molecule has 2 aromatic rings. The molecule has 0 radical (unpaired) electrons. The van der Waals surface area contributed by atoms with E-state index >= 15 is 0 Å². The molecule has 0 aliphatic rings. The van der Waals surface area contributed by atoms with E-state index in [0.717, 1.165) is 5.56 Å². The van der Waals surface area contributed by atoms with E-state index < -0.39 is 6.17 Å². The first-order chi connectivity index (χ1) is 7.31. The van der Waals surface area contributed by atoms with Crippen molar-refractivity contribution in [1.29, 1.82) is 0 Å². The zero-order valence-electron chi connectivity index (χ0n) is 7.93. The predicted molar refractivity (Wildman–Crippen MR) is 53.8 cm³/mol. The van der Waals surface area contributed by atoms with Crippen molar-refractivity contribution in [3.05, 3.63) is 48.9 Å². The van der Waals surface area contributed by atoms with Crippen LogP contribution in [0.15, 0.2) is 47.7 Å². The molecule has 15 heavy (non-hydrogen) atoms. The van der Waals surface area contributed by atoms with Crippen LogP contribution in [0.3, 0.4) is 0 Å². The molecule has 0 fully saturated rings. The third-order valence-corrected chi connectivity index (χ3v) is 2.04. The SMILES string of the molecule is C=CC(F)c1ccc(-c2nnco2)cc1. The van der Waals surface area contributed by atoms with Gasteiger partial charge in [-0.25, -0.2) is 4.39 Å². The average molecular weight is 204 g/mol. The van der Waals surface area contributed by atoms with Crippen LogP contribution in [0.1, 0.15) is 11.7 Å². The van der Waals surface area contributed by atoms with Gasteiger partial charge >= 0.3 is 0 Å². The summed E-state index contributed by atoms with van der Waals surface area (Å²) in [5, 5.41) is 7.32. The molecule has 1 aromatic carbocycles. The number of allylic oxidation sites excluding steroid dienone is 1. The number of halogens is 1. The van der Waals surface area contributed by atoms with Crippen molar-refractivity contribution in [2.75, 3.05) is 0 Å². The Morgan fingerprint density at radius 3 is 2.60 bits per heavy atom. The summed E-state index contributed by atoms with van der Waals surface area (Å²) in [4.78, 5) is 0. The highest BCUT2D eigenvalue weighted by Gasteiger charge is 2.06. The van der Waals surface area contributed by atoms with E-state index in [9.17, 15) is 4.39 Å². The summed E-state index contributed by atoms with van der Waals surface area (Å²) < 4.78 is 18.2. The van der Waals surface area contributed by atoms with Gasteiger partial charge in [-0.3, -0.25) is 0 Å². The molecule has 1 aromatic heterocycles. The molecule has 3 nitrogen and oxygen atoms in total. The maximum atomic E-state index is 13.2. The van der Waals surface area contributed by atoms with Crippen LogP contribution < -0.4 is 0 Å². The Morgan fingerprint density at radius 1 is 1.33 bits per heavy atom. The van der Waals surface area contributed by atoms with Crippen molar-refractivity contribution in [2.24, 2.45) is 0 Å². The van der Waals surface area contributed by atoms with Crippen LogP contribution in [0, 0.1) is 0 Å². The minimum atomic E-state index is -1.14. The van der Waals surface area contributed by atoms with Crippen LogP contribution in [-0.4, -0.2) is 10.2 Å². The standard InChI is InChI=1S/C11H9FN2O/c1-2-10(12)8-3-5-9(6-4-8)11-14-13-7-15-11/h2-7,10H,1H2. The molecule has 0 aliphatic heterocycles. The van der Waals surface area contributed by atoms with Crippen LogP contribution in [-0.2, 0) is 0 Å². The summed E-state index contributed by atoms with van der Waals surface area (Å²) in [6.45, 7) is 3.39. The Labute approximate surface area is 86.3 Å². The molecule has 76 valence electrons. The quantitative estimate of drug-likeness (QED) is 0.721. The fourth-order valence-corrected chi connectivity index (χ4v) is 1.24. The number of benzene rings is 1. The van der Waals surface area contributed by atoms with Gasteiger partial charge in [0, 0.05) is 5.56 Å². The maximum Gasteiger partial charge on any atom is 0.247 e. The van der Waals surface area contributed by atoms with E-state index in [1.165, 1.54) is 12.5 Å². The lowest BCUT2D eigenvalue weighted by Gasteiger charge is -2.02. The summed E-state index contributed by atoms with van der Waals surface area (Å²) in [6.07, 6.45) is 1.37. The molecule has 1 heterocycles. The van der Waals surface area contributed by atoms with Crippen LogP contribution in [0.2, 0.25) is 0 Å². The molecular weight excluding hydrogens is 195 g/mol. The molecule has 4 heteroatoms. The molecule has 0 saturated heterocycles. The second-order valence-corrected chi connectivity index (χ2v) is 3.00. The molecule has 0 spiro atoms. The van der Waals surface area contributed by atoms with Gasteiger partial charge in [-0.05, 0) is 17.7 Å². The van der Waals surface area contributed by atoms with Crippen molar-refractivity contribution in [3.8, 4) is 11.5 Å². The normalized spacial score (nSPS) is 12.3. The average Bonchev–Trinajstić information content (AvgIpc) is 2.82. The third-order valence-electron chi connectivity index (χ3n) is 2.04. The van der Waals surface area contributed by atoms with Gasteiger partial charge in [-0.15, -0.1) is 10.2 Å². The van der Waals surface area contributed by atoms with E-state index in [1.807, 2.05) is 0 Å². The molecule has 0 bridgehead atoms. The fourth-order valence-electron chi connectivity index (χ4n) is 1.24. The van der Waals surface area contributed by atoms with Gasteiger partial charge in [0.2, 0.25) is 12.3 Å². The minimum absolute atomic E-state index is 0.426. The summed E-state index contributed by atoms with van der Waals surface area (Å²) >= 11 is 0. The number of nitrogens with zero attached hydrogens (tertiary/aromatic N) is 2. The Bertz CT molecular complexity index is 436. The second-order valence-electron chi connectivity index (χ2n) is 3.00. The predicted octanol–water partition coefficient (Wildman–Crippen LogP) is 2.93. The fraction of sp³-hybridized carbons (Fsp3) is 0.0909. The molecule has 0 saturated carbocycles. The van der Waals surface area contributed by atoms with Crippen molar-refractivity contribution in [3.63, 3.8) is 0 Å². The number of aromatic nitrogens is 2. The van der Waals surface area contributed by atoms with Crippen LogP contribution >= 0.6 is 0 Å². The molecule has 1 atom stereocenters. The number of alkyl halides is 1. The van der Waals surface area contributed by atoms with Crippen LogP contribution in [0.4, 0.5) is 4.39 Å². The molecule has 0 aliphatic carbocycles. The zero-order chi connectivity index (χ0) is 10.7. The molecule has 0 N–H and O–H groups in total. The van der Waals surface area contributed by atoms with Gasteiger partial charge in [0.15, 0.2) is 0 Å². The first-order valence-electron chi connectivity index (χ1n) is 4.44. The molecule has 0 amide bonds. The lowest BCUT2D eigenvalue weighted by molar-refractivity contribution is 0.415. The van der Waals surface area contributed by atoms with Crippen molar-refractivity contribution >= 4 is 0 Å². The van der Waals surface area contributed by atoms with Crippen LogP contribution in [0.25, 0.3) is 11.5 Å². The number of rotatable bonds is 3. The van der Waals surface area contributed by atoms with Crippen molar-refractivity contribution in [1.82, 2.24) is 10.2 Å². The first-order valence-corrected chi connectivity index (χ1v) is 4.44. The van der Waals surface area contributed by atoms with Gasteiger partial charge < -0.3 is 4.42 Å². The smallest absolute Gasteiger partial charge is 0.247 e. The highest BCUT2D eigenvalue weighted by atomic mass is 19.1. The van der Waals surface area contributed by atoms with Gasteiger partial charge in [-0.1, -0.05) is 24.8 Å². The lowest BCUT2D eigenvalue weighted by atomic mass is 10.1. The lowest BCUT2D eigenvalue weighted by Crippen LogP contribution is -1.86. The van der Waals surface area contributed by atoms with Crippen LogP contribution in [0.5, 0.6) is 0 Å². The highest BCUT2D eigenvalue weighted by molar-refractivity contribution is 5.53. The summed E-state index contributed by atoms with van der Waals surface area (Å²) in [5.41, 5.74) is 1.33. The van der Waals surface area contributed by atoms with Gasteiger partial charge in [0.05, 0.1) is 0 Å². The van der Waals surface area contributed by atoms with Gasteiger partial charge in [0.1, 0.15) is 6.17 Å². The highest BCUT2D eigenvalue weighted by Crippen LogP contribution is 2.22. The first kappa shape index (κ1) is 9.58. The van der Waals surface area contributed by atoms with Gasteiger partial charge in [0.25, 0.3) is 0 Å². The maximum absolute atomic E-state index is 13.2. The third kappa shape index (κ3) is 1.93. The Balaban J connectivity index is 2.28. The van der Waals surface area contributed by atoms with Crippen molar-refractivity contribution in [2.45, 2.75) is 6.17 Å². The second kappa shape index (κ2) is 4.04. The Hall–Kier alpha value is -1.97. The molecule has 2 rings (SSSR count). The number of hydrogen-bond acceptors (Lipinski definition) is 3. The zero-order valence-corrected chi connectivity index (χ0v) is 7.93. The van der Waals surface area contributed by atoms with E-state index in [4.69, 9.17) is 4.42 Å². The van der Waals surface area contributed by atoms with Gasteiger partial charge in [-0.2, -0.15) is 0 Å². The minimum Gasteiger partial charge on any atom is -0.423 e. The largest absolute Gasteiger partial charge is 0.423 e. The van der Waals surface area contributed by atoms with E-state index in [0.29, 0.717) is 11.5 Å². The monoisotopic (exact) mass is 204 g/mol. The van der Waals surface area contributed by atoms with E-state index in [1.54, 1.807) is 24.3 Å². The van der Waals surface area contributed by atoms with Crippen molar-refractivity contribution < 1.29 is 8.81 Å². The Kier molecular flexibility index (Phi) is 2.58. The summed E-state index contributed by atoms with van der Waals surface area (Å²) in [6, 6.07) is 6.82. The Morgan fingerprint density at radius 2 is 2.07 bits per heavy atom. The van der Waals surface area contributed by atoms with E-state index in [-0.39, 0.29) is 0 Å². The summed E-state index contributed by atoms with van der Waals surface area (Å²) in [7, 11) is 0. The van der Waals surface area contributed by atoms with E-state index in [2.05, 4.69) is 16.8 Å².